The van der Waals surface area contributed by atoms with Gasteiger partial charge in [-0.1, -0.05) is 18.2 Å². The number of esters is 1. The molecular weight excluding hydrogens is 380 g/mol. The lowest BCUT2D eigenvalue weighted by molar-refractivity contribution is -0.132. The van der Waals surface area contributed by atoms with E-state index in [1.165, 1.54) is 18.1 Å². The van der Waals surface area contributed by atoms with E-state index in [2.05, 4.69) is 29.4 Å². The molecule has 5 atom stereocenters. The number of rotatable bonds is 3. The van der Waals surface area contributed by atoms with Gasteiger partial charge in [0, 0.05) is 42.1 Å². The molecule has 2 aliphatic carbocycles. The van der Waals surface area contributed by atoms with Crippen LogP contribution in [0.2, 0.25) is 0 Å². The van der Waals surface area contributed by atoms with Crippen LogP contribution in [0.4, 0.5) is 0 Å². The highest BCUT2D eigenvalue weighted by atomic mass is 16.6. The lowest BCUT2D eigenvalue weighted by atomic mass is 9.53. The highest BCUT2D eigenvalue weighted by Crippen LogP contribution is 2.62. The van der Waals surface area contributed by atoms with Crippen LogP contribution in [-0.2, 0) is 16.6 Å². The molecule has 30 heavy (non-hydrogen) atoms. The summed E-state index contributed by atoms with van der Waals surface area (Å²) in [6, 6.07) is 10.0. The Morgan fingerprint density at radius 1 is 1.30 bits per heavy atom. The molecule has 2 aromatic rings. The third-order valence-corrected chi connectivity index (χ3v) is 7.14. The summed E-state index contributed by atoms with van der Waals surface area (Å²) in [5, 5.41) is 3.72. The van der Waals surface area contributed by atoms with E-state index in [9.17, 15) is 4.79 Å². The molecule has 2 bridgehead atoms. The molecule has 1 aromatic carbocycles. The number of hydrogen-bond acceptors (Lipinski definition) is 6. The predicted molar refractivity (Wildman–Crippen MR) is 110 cm³/mol. The van der Waals surface area contributed by atoms with Crippen LogP contribution in [0.15, 0.2) is 48.2 Å². The second-order valence-electron chi connectivity index (χ2n) is 8.76. The van der Waals surface area contributed by atoms with Gasteiger partial charge in [0.1, 0.15) is 6.10 Å². The van der Waals surface area contributed by atoms with E-state index >= 15 is 0 Å². The molecule has 0 amide bonds. The van der Waals surface area contributed by atoms with Gasteiger partial charge in [-0.15, -0.1) is 0 Å². The first-order valence-corrected chi connectivity index (χ1v) is 10.6. The van der Waals surface area contributed by atoms with Gasteiger partial charge in [-0.3, -0.25) is 4.79 Å². The lowest BCUT2D eigenvalue weighted by Crippen LogP contribution is -2.66. The van der Waals surface area contributed by atoms with Crippen molar-refractivity contribution in [3.8, 4) is 17.4 Å². The zero-order chi connectivity index (χ0) is 20.5. The van der Waals surface area contributed by atoms with Crippen molar-refractivity contribution in [3.05, 3.63) is 59.3 Å². The van der Waals surface area contributed by atoms with Crippen LogP contribution in [0.3, 0.4) is 0 Å². The van der Waals surface area contributed by atoms with E-state index in [0.717, 1.165) is 30.7 Å². The standard InChI is InChI=1S/C24H24N2O4/c1-13-11-16-17-12-15-6-7-18(28-14(2)27)22-20(15)24(16,8-10-25-17)23(30-22)21(13)29-19-5-3-4-9-26-19/h3-7,9,11,16-17,21,23,25H,8,10,12H2,1-2H3/t16-,17+,21-,23-,24-/m0/s1. The Morgan fingerprint density at radius 2 is 2.20 bits per heavy atom. The van der Waals surface area contributed by atoms with Crippen LogP contribution in [0, 0.1) is 5.92 Å². The second kappa shape index (κ2) is 6.32. The second-order valence-corrected chi connectivity index (χ2v) is 8.76. The van der Waals surface area contributed by atoms with Crippen molar-refractivity contribution < 1.29 is 19.0 Å². The van der Waals surface area contributed by atoms with Crippen molar-refractivity contribution in [2.45, 2.75) is 50.4 Å². The number of ether oxygens (including phenoxy) is 3. The average molecular weight is 404 g/mol. The summed E-state index contributed by atoms with van der Waals surface area (Å²) in [6.45, 7) is 4.47. The molecule has 0 radical (unpaired) electrons. The first-order valence-electron chi connectivity index (χ1n) is 10.6. The van der Waals surface area contributed by atoms with Crippen molar-refractivity contribution in [3.63, 3.8) is 0 Å². The summed E-state index contributed by atoms with van der Waals surface area (Å²) >= 11 is 0. The zero-order valence-corrected chi connectivity index (χ0v) is 17.1. The highest BCUT2D eigenvalue weighted by molar-refractivity contribution is 5.72. The van der Waals surface area contributed by atoms with Gasteiger partial charge in [0.05, 0.1) is 0 Å². The maximum Gasteiger partial charge on any atom is 0.308 e. The van der Waals surface area contributed by atoms with Gasteiger partial charge in [0.15, 0.2) is 17.6 Å². The molecule has 154 valence electrons. The number of hydrogen-bond donors (Lipinski definition) is 1. The summed E-state index contributed by atoms with van der Waals surface area (Å²) in [6.07, 6.45) is 5.57. The van der Waals surface area contributed by atoms with Crippen molar-refractivity contribution in [2.75, 3.05) is 6.54 Å². The summed E-state index contributed by atoms with van der Waals surface area (Å²) in [7, 11) is 0. The zero-order valence-electron chi connectivity index (χ0n) is 17.1. The van der Waals surface area contributed by atoms with Crippen molar-refractivity contribution in [1.82, 2.24) is 10.3 Å². The molecule has 6 rings (SSSR count). The third-order valence-electron chi connectivity index (χ3n) is 7.14. The van der Waals surface area contributed by atoms with Crippen LogP contribution >= 0.6 is 0 Å². The first-order chi connectivity index (χ1) is 14.6. The number of carbonyl (C=O) groups is 1. The summed E-state index contributed by atoms with van der Waals surface area (Å²) in [5.74, 6) is 1.80. The molecule has 6 nitrogen and oxygen atoms in total. The van der Waals surface area contributed by atoms with Crippen molar-refractivity contribution in [2.24, 2.45) is 5.92 Å². The summed E-state index contributed by atoms with van der Waals surface area (Å²) in [4.78, 5) is 16.1. The van der Waals surface area contributed by atoms with Gasteiger partial charge >= 0.3 is 5.97 Å². The Labute approximate surface area is 175 Å². The SMILES string of the molecule is CC(=O)Oc1ccc2c3c1O[C@H]1[C@@H](Oc4ccccn4)C(C)=C[C@H]4[C@@H](C2)NCC[C@@]341. The van der Waals surface area contributed by atoms with Gasteiger partial charge in [-0.2, -0.15) is 0 Å². The van der Waals surface area contributed by atoms with Gasteiger partial charge < -0.3 is 19.5 Å². The van der Waals surface area contributed by atoms with E-state index < -0.39 is 0 Å². The van der Waals surface area contributed by atoms with Crippen molar-refractivity contribution >= 4 is 5.97 Å². The van der Waals surface area contributed by atoms with Crippen LogP contribution in [0.25, 0.3) is 0 Å². The fourth-order valence-corrected chi connectivity index (χ4v) is 6.10. The molecule has 1 saturated heterocycles. The Hall–Kier alpha value is -2.86. The van der Waals surface area contributed by atoms with E-state index in [1.807, 2.05) is 24.3 Å². The van der Waals surface area contributed by atoms with Crippen LogP contribution in [-0.4, -0.2) is 35.7 Å². The number of aromatic nitrogens is 1. The van der Waals surface area contributed by atoms with Crippen LogP contribution in [0.1, 0.15) is 31.4 Å². The monoisotopic (exact) mass is 404 g/mol. The Morgan fingerprint density at radius 3 is 3.00 bits per heavy atom. The van der Waals surface area contributed by atoms with E-state index in [0.29, 0.717) is 23.6 Å². The van der Waals surface area contributed by atoms with Gasteiger partial charge in [0.2, 0.25) is 5.88 Å². The van der Waals surface area contributed by atoms with Crippen LogP contribution in [0.5, 0.6) is 17.4 Å². The summed E-state index contributed by atoms with van der Waals surface area (Å²) in [5.41, 5.74) is 3.47. The predicted octanol–water partition coefficient (Wildman–Crippen LogP) is 2.95. The molecule has 1 spiro atoms. The minimum atomic E-state index is -0.340. The van der Waals surface area contributed by atoms with Crippen molar-refractivity contribution in [1.29, 1.82) is 0 Å². The molecule has 2 aliphatic heterocycles. The molecule has 1 fully saturated rings. The number of pyridine rings is 1. The molecule has 1 N–H and O–H groups in total. The lowest BCUT2D eigenvalue weighted by Gasteiger charge is -2.55. The van der Waals surface area contributed by atoms with Crippen LogP contribution < -0.4 is 19.5 Å². The van der Waals surface area contributed by atoms with E-state index in [4.69, 9.17) is 14.2 Å². The number of carbonyl (C=O) groups excluding carboxylic acids is 1. The maximum atomic E-state index is 11.7. The average Bonchev–Trinajstić information content (AvgIpc) is 3.06. The smallest absolute Gasteiger partial charge is 0.308 e. The summed E-state index contributed by atoms with van der Waals surface area (Å²) < 4.78 is 18.6. The number of benzene rings is 1. The largest absolute Gasteiger partial charge is 0.481 e. The fourth-order valence-electron chi connectivity index (χ4n) is 6.10. The van der Waals surface area contributed by atoms with Gasteiger partial charge in [-0.05, 0) is 49.6 Å². The fraction of sp³-hybridized carbons (Fsp3) is 0.417. The molecule has 1 aromatic heterocycles. The Kier molecular flexibility index (Phi) is 3.78. The van der Waals surface area contributed by atoms with Gasteiger partial charge in [0.25, 0.3) is 0 Å². The normalized spacial score (nSPS) is 32.5. The Bertz CT molecular complexity index is 1070. The quantitative estimate of drug-likeness (QED) is 0.482. The van der Waals surface area contributed by atoms with Gasteiger partial charge in [-0.25, -0.2) is 4.98 Å². The molecule has 4 aliphatic rings. The number of nitrogens with one attached hydrogen (secondary N) is 1. The molecule has 6 heteroatoms. The topological polar surface area (TPSA) is 69.7 Å². The number of piperidine rings is 1. The minimum absolute atomic E-state index is 0.187. The molecule has 0 unspecified atom stereocenters. The Balaban J connectivity index is 1.52. The minimum Gasteiger partial charge on any atom is -0.481 e. The van der Waals surface area contributed by atoms with E-state index in [1.54, 1.807) is 6.20 Å². The number of nitrogens with zero attached hydrogens (tertiary/aromatic N) is 1. The van der Waals surface area contributed by atoms with E-state index in [-0.39, 0.29) is 23.6 Å². The molecule has 3 heterocycles. The molecule has 0 saturated carbocycles. The molecular formula is C24H24N2O4. The maximum absolute atomic E-state index is 11.7. The highest BCUT2D eigenvalue weighted by Gasteiger charge is 2.65. The first kappa shape index (κ1) is 18.0. The third kappa shape index (κ3) is 2.34.